The van der Waals surface area contributed by atoms with Crippen molar-refractivity contribution in [3.8, 4) is 11.5 Å². The van der Waals surface area contributed by atoms with Crippen molar-refractivity contribution in [1.82, 2.24) is 4.98 Å². The first-order valence-electron chi connectivity index (χ1n) is 8.93. The third-order valence-corrected chi connectivity index (χ3v) is 5.14. The molecule has 0 atom stereocenters. The number of hydrogen-bond donors (Lipinski definition) is 2. The van der Waals surface area contributed by atoms with E-state index in [4.69, 9.17) is 9.47 Å². The fourth-order valence-corrected chi connectivity index (χ4v) is 3.91. The van der Waals surface area contributed by atoms with E-state index in [1.807, 2.05) is 18.2 Å². The Labute approximate surface area is 165 Å². The predicted molar refractivity (Wildman–Crippen MR) is 108 cm³/mol. The molecule has 1 aliphatic heterocycles. The Kier molecular flexibility index (Phi) is 5.12. The zero-order valence-corrected chi connectivity index (χ0v) is 16.1. The second kappa shape index (κ2) is 7.85. The summed E-state index contributed by atoms with van der Waals surface area (Å²) in [7, 11) is 0. The topological polar surface area (TPSA) is 89.6 Å². The summed E-state index contributed by atoms with van der Waals surface area (Å²) in [6.07, 6.45) is 0.969. The largest absolute Gasteiger partial charge is 0.486 e. The summed E-state index contributed by atoms with van der Waals surface area (Å²) in [4.78, 5) is 27.8. The summed E-state index contributed by atoms with van der Waals surface area (Å²) < 4.78 is 12.0. The van der Waals surface area contributed by atoms with Gasteiger partial charge in [0, 0.05) is 25.1 Å². The van der Waals surface area contributed by atoms with Gasteiger partial charge in [-0.05, 0) is 36.2 Å². The average Bonchev–Trinajstić information content (AvgIpc) is 3.07. The molecule has 2 heterocycles. The Bertz CT molecular complexity index is 1050. The van der Waals surface area contributed by atoms with Crippen LogP contribution in [0.4, 0.5) is 10.8 Å². The Morgan fingerprint density at radius 3 is 2.71 bits per heavy atom. The third kappa shape index (κ3) is 4.23. The van der Waals surface area contributed by atoms with Crippen LogP contribution >= 0.6 is 11.3 Å². The lowest BCUT2D eigenvalue weighted by molar-refractivity contribution is -0.116. The van der Waals surface area contributed by atoms with Crippen LogP contribution in [0.1, 0.15) is 18.9 Å². The first-order chi connectivity index (χ1) is 13.6. The van der Waals surface area contributed by atoms with E-state index in [1.54, 1.807) is 18.2 Å². The molecule has 0 radical (unpaired) electrons. The van der Waals surface area contributed by atoms with E-state index < -0.39 is 0 Å². The smallest absolute Gasteiger partial charge is 0.224 e. The van der Waals surface area contributed by atoms with Gasteiger partial charge in [-0.2, -0.15) is 0 Å². The number of carbonyl (C=O) groups excluding carboxylic acids is 2. The molecule has 0 saturated carbocycles. The van der Waals surface area contributed by atoms with Gasteiger partial charge in [-0.15, -0.1) is 0 Å². The van der Waals surface area contributed by atoms with Gasteiger partial charge < -0.3 is 20.1 Å². The molecule has 1 aliphatic rings. The number of amides is 2. The molecule has 0 spiro atoms. The lowest BCUT2D eigenvalue weighted by Crippen LogP contribution is -2.16. The van der Waals surface area contributed by atoms with E-state index in [1.165, 1.54) is 18.3 Å². The van der Waals surface area contributed by atoms with Crippen LogP contribution in [-0.4, -0.2) is 30.0 Å². The maximum absolute atomic E-state index is 12.3. The van der Waals surface area contributed by atoms with Crippen molar-refractivity contribution in [3.63, 3.8) is 0 Å². The molecule has 0 fully saturated rings. The molecule has 7 nitrogen and oxygen atoms in total. The number of nitrogens with one attached hydrogen (secondary N) is 2. The molecule has 4 rings (SSSR count). The standard InChI is InChI=1S/C20H19N3O4S/c1-12(24)21-20-23-15-5-2-13(10-18(15)28-20)3-7-19(25)22-14-4-6-16-17(11-14)27-9-8-26-16/h2,4-6,10-11H,3,7-9H2,1H3,(H,22,25)(H,21,23,24). The summed E-state index contributed by atoms with van der Waals surface area (Å²) in [6, 6.07) is 11.3. The lowest BCUT2D eigenvalue weighted by atomic mass is 10.1. The number of hydrogen-bond acceptors (Lipinski definition) is 6. The number of aromatic nitrogens is 1. The van der Waals surface area contributed by atoms with Crippen LogP contribution in [0.2, 0.25) is 0 Å². The molecule has 3 aromatic rings. The first kappa shape index (κ1) is 18.2. The normalized spacial score (nSPS) is 12.6. The van der Waals surface area contributed by atoms with Crippen molar-refractivity contribution < 1.29 is 19.1 Å². The van der Waals surface area contributed by atoms with Gasteiger partial charge in [0.15, 0.2) is 16.6 Å². The molecule has 0 bridgehead atoms. The monoisotopic (exact) mass is 397 g/mol. The van der Waals surface area contributed by atoms with Crippen LogP contribution in [0.15, 0.2) is 36.4 Å². The van der Waals surface area contributed by atoms with Gasteiger partial charge in [0.25, 0.3) is 0 Å². The summed E-state index contributed by atoms with van der Waals surface area (Å²) in [5.41, 5.74) is 2.56. The van der Waals surface area contributed by atoms with Gasteiger partial charge in [0.1, 0.15) is 13.2 Å². The van der Waals surface area contributed by atoms with Crippen molar-refractivity contribution in [3.05, 3.63) is 42.0 Å². The van der Waals surface area contributed by atoms with Gasteiger partial charge in [-0.3, -0.25) is 9.59 Å². The number of rotatable bonds is 5. The minimum atomic E-state index is -0.143. The Balaban J connectivity index is 1.37. The third-order valence-electron chi connectivity index (χ3n) is 4.20. The van der Waals surface area contributed by atoms with Crippen LogP contribution in [0.3, 0.4) is 0 Å². The van der Waals surface area contributed by atoms with E-state index in [0.717, 1.165) is 15.8 Å². The fourth-order valence-electron chi connectivity index (χ4n) is 2.93. The first-order valence-corrected chi connectivity index (χ1v) is 9.75. The number of benzene rings is 2. The highest BCUT2D eigenvalue weighted by molar-refractivity contribution is 7.22. The molecular weight excluding hydrogens is 378 g/mol. The number of thiazole rings is 1. The minimum absolute atomic E-state index is 0.0694. The highest BCUT2D eigenvalue weighted by Gasteiger charge is 2.13. The maximum Gasteiger partial charge on any atom is 0.224 e. The summed E-state index contributed by atoms with van der Waals surface area (Å²) >= 11 is 1.42. The van der Waals surface area contributed by atoms with Crippen LogP contribution in [0.5, 0.6) is 11.5 Å². The van der Waals surface area contributed by atoms with E-state index in [-0.39, 0.29) is 11.8 Å². The van der Waals surface area contributed by atoms with Gasteiger partial charge >= 0.3 is 0 Å². The summed E-state index contributed by atoms with van der Waals surface area (Å²) in [5.74, 6) is 1.13. The van der Waals surface area contributed by atoms with Gasteiger partial charge in [-0.1, -0.05) is 17.4 Å². The number of anilines is 2. The maximum atomic E-state index is 12.3. The summed E-state index contributed by atoms with van der Waals surface area (Å²) in [5, 5.41) is 6.17. The number of fused-ring (bicyclic) bond motifs is 2. The number of ether oxygens (including phenoxy) is 2. The van der Waals surface area contributed by atoms with E-state index in [2.05, 4.69) is 15.6 Å². The quantitative estimate of drug-likeness (QED) is 0.687. The van der Waals surface area contributed by atoms with Gasteiger partial charge in [0.2, 0.25) is 11.8 Å². The predicted octanol–water partition coefficient (Wildman–Crippen LogP) is 3.60. The average molecular weight is 397 g/mol. The van der Waals surface area contributed by atoms with Gasteiger partial charge in [-0.25, -0.2) is 4.98 Å². The van der Waals surface area contributed by atoms with Crippen LogP contribution in [0.25, 0.3) is 10.2 Å². The summed E-state index contributed by atoms with van der Waals surface area (Å²) in [6.45, 7) is 2.50. The molecule has 2 N–H and O–H groups in total. The van der Waals surface area contributed by atoms with Crippen LogP contribution in [0, 0.1) is 0 Å². The zero-order valence-electron chi connectivity index (χ0n) is 15.3. The van der Waals surface area contributed by atoms with Crippen molar-refractivity contribution in [2.24, 2.45) is 0 Å². The Morgan fingerprint density at radius 2 is 1.89 bits per heavy atom. The molecule has 8 heteroatoms. The van der Waals surface area contributed by atoms with Crippen molar-refractivity contribution in [2.45, 2.75) is 19.8 Å². The number of aryl methyl sites for hydroxylation is 1. The molecular formula is C20H19N3O4S. The highest BCUT2D eigenvalue weighted by atomic mass is 32.1. The van der Waals surface area contributed by atoms with Crippen molar-refractivity contribution in [2.75, 3.05) is 23.8 Å². The molecule has 144 valence electrons. The van der Waals surface area contributed by atoms with E-state index >= 15 is 0 Å². The van der Waals surface area contributed by atoms with Crippen molar-refractivity contribution >= 4 is 44.2 Å². The van der Waals surface area contributed by atoms with E-state index in [0.29, 0.717) is 48.4 Å². The molecule has 28 heavy (non-hydrogen) atoms. The van der Waals surface area contributed by atoms with Gasteiger partial charge in [0.05, 0.1) is 10.2 Å². The molecule has 0 aliphatic carbocycles. The lowest BCUT2D eigenvalue weighted by Gasteiger charge is -2.19. The second-order valence-electron chi connectivity index (χ2n) is 6.41. The molecule has 1 aromatic heterocycles. The van der Waals surface area contributed by atoms with E-state index in [9.17, 15) is 9.59 Å². The minimum Gasteiger partial charge on any atom is -0.486 e. The van der Waals surface area contributed by atoms with Crippen molar-refractivity contribution in [1.29, 1.82) is 0 Å². The molecule has 2 amide bonds. The van der Waals surface area contributed by atoms with Crippen LogP contribution < -0.4 is 20.1 Å². The second-order valence-corrected chi connectivity index (χ2v) is 7.44. The zero-order chi connectivity index (χ0) is 19.5. The fraction of sp³-hybridized carbons (Fsp3) is 0.250. The van der Waals surface area contributed by atoms with Crippen LogP contribution in [-0.2, 0) is 16.0 Å². The Hall–Kier alpha value is -3.13. The Morgan fingerprint density at radius 1 is 1.07 bits per heavy atom. The molecule has 0 saturated heterocycles. The SMILES string of the molecule is CC(=O)Nc1nc2ccc(CCC(=O)Nc3ccc4c(c3)OCCO4)cc2s1. The molecule has 2 aromatic carbocycles. The highest BCUT2D eigenvalue weighted by Crippen LogP contribution is 2.32. The molecule has 0 unspecified atom stereocenters. The number of nitrogens with zero attached hydrogens (tertiary/aromatic N) is 1. The number of carbonyl (C=O) groups is 2.